The van der Waals surface area contributed by atoms with E-state index in [1.54, 1.807) is 0 Å². The molecule has 1 aromatic heterocycles. The SMILES string of the molecule is Cc1ccc(C)c(-n2nnc(C(=O)Nc3ccccc3C)c2N)c1. The number of rotatable bonds is 3. The Morgan fingerprint density at radius 1 is 1.08 bits per heavy atom. The van der Waals surface area contributed by atoms with Crippen molar-refractivity contribution in [3.63, 3.8) is 0 Å². The number of carbonyl (C=O) groups is 1. The quantitative estimate of drug-likeness (QED) is 0.776. The van der Waals surface area contributed by atoms with E-state index in [1.165, 1.54) is 4.68 Å². The number of amides is 1. The molecule has 0 atom stereocenters. The monoisotopic (exact) mass is 321 g/mol. The van der Waals surface area contributed by atoms with Crippen LogP contribution in [0.5, 0.6) is 0 Å². The minimum atomic E-state index is -0.377. The number of benzene rings is 2. The molecule has 0 spiro atoms. The average Bonchev–Trinajstić information content (AvgIpc) is 2.93. The Hall–Kier alpha value is -3.15. The maximum atomic E-state index is 12.5. The van der Waals surface area contributed by atoms with Crippen LogP contribution in [0.3, 0.4) is 0 Å². The summed E-state index contributed by atoms with van der Waals surface area (Å²) in [4.78, 5) is 12.5. The van der Waals surface area contributed by atoms with Crippen LogP contribution in [0.4, 0.5) is 11.5 Å². The fourth-order valence-electron chi connectivity index (χ4n) is 2.47. The van der Waals surface area contributed by atoms with E-state index < -0.39 is 0 Å². The molecule has 2 aromatic carbocycles. The summed E-state index contributed by atoms with van der Waals surface area (Å²) in [5.74, 6) is -0.159. The van der Waals surface area contributed by atoms with E-state index >= 15 is 0 Å². The van der Waals surface area contributed by atoms with Crippen LogP contribution in [0.25, 0.3) is 5.69 Å². The van der Waals surface area contributed by atoms with Gasteiger partial charge in [-0.1, -0.05) is 35.5 Å². The van der Waals surface area contributed by atoms with Crippen molar-refractivity contribution in [1.82, 2.24) is 15.0 Å². The van der Waals surface area contributed by atoms with Crippen LogP contribution in [0.2, 0.25) is 0 Å². The Balaban J connectivity index is 1.94. The average molecular weight is 321 g/mol. The lowest BCUT2D eigenvalue weighted by Gasteiger charge is -2.09. The number of nitrogens with one attached hydrogen (secondary N) is 1. The van der Waals surface area contributed by atoms with Gasteiger partial charge in [-0.25, -0.2) is 0 Å². The van der Waals surface area contributed by atoms with Crippen LogP contribution in [0.1, 0.15) is 27.2 Å². The number of anilines is 2. The summed E-state index contributed by atoms with van der Waals surface area (Å²) in [5.41, 5.74) is 10.8. The number of nitrogen functional groups attached to an aromatic ring is 1. The number of nitrogens with two attached hydrogens (primary N) is 1. The fourth-order valence-corrected chi connectivity index (χ4v) is 2.47. The molecule has 3 rings (SSSR count). The number of carbonyl (C=O) groups excluding carboxylic acids is 1. The molecule has 122 valence electrons. The van der Waals surface area contributed by atoms with Crippen molar-refractivity contribution in [2.45, 2.75) is 20.8 Å². The predicted molar refractivity (Wildman–Crippen MR) is 94.4 cm³/mol. The number of hydrogen-bond acceptors (Lipinski definition) is 4. The highest BCUT2D eigenvalue weighted by molar-refractivity contribution is 6.06. The van der Waals surface area contributed by atoms with Gasteiger partial charge in [-0.2, -0.15) is 4.68 Å². The van der Waals surface area contributed by atoms with E-state index in [0.29, 0.717) is 0 Å². The Morgan fingerprint density at radius 2 is 1.83 bits per heavy atom. The van der Waals surface area contributed by atoms with Gasteiger partial charge >= 0.3 is 0 Å². The predicted octanol–water partition coefficient (Wildman–Crippen LogP) is 3.03. The lowest BCUT2D eigenvalue weighted by Crippen LogP contribution is -2.15. The molecule has 3 N–H and O–H groups in total. The minimum Gasteiger partial charge on any atom is -0.382 e. The second-order valence-corrected chi connectivity index (χ2v) is 5.79. The molecule has 0 aliphatic rings. The zero-order valence-corrected chi connectivity index (χ0v) is 13.9. The summed E-state index contributed by atoms with van der Waals surface area (Å²) in [6.45, 7) is 5.87. The van der Waals surface area contributed by atoms with Gasteiger partial charge in [-0.15, -0.1) is 5.10 Å². The van der Waals surface area contributed by atoms with Gasteiger partial charge in [-0.3, -0.25) is 4.79 Å². The maximum Gasteiger partial charge on any atom is 0.280 e. The molecule has 0 bridgehead atoms. The standard InChI is InChI=1S/C18H19N5O/c1-11-8-9-13(3)15(10-11)23-17(19)16(21-22-23)18(24)20-14-7-5-4-6-12(14)2/h4-10H,19H2,1-3H3,(H,20,24). The lowest BCUT2D eigenvalue weighted by molar-refractivity contribution is 0.102. The molecule has 0 unspecified atom stereocenters. The van der Waals surface area contributed by atoms with Crippen LogP contribution < -0.4 is 11.1 Å². The molecule has 0 radical (unpaired) electrons. The third kappa shape index (κ3) is 2.86. The zero-order valence-electron chi connectivity index (χ0n) is 13.9. The molecule has 1 heterocycles. The number of aromatic nitrogens is 3. The van der Waals surface area contributed by atoms with Crippen LogP contribution in [-0.2, 0) is 0 Å². The Bertz CT molecular complexity index is 914. The van der Waals surface area contributed by atoms with Gasteiger partial charge < -0.3 is 11.1 Å². The molecule has 3 aromatic rings. The summed E-state index contributed by atoms with van der Waals surface area (Å²) in [7, 11) is 0. The molecular formula is C18H19N5O. The number of nitrogens with zero attached hydrogens (tertiary/aromatic N) is 3. The summed E-state index contributed by atoms with van der Waals surface area (Å²) in [6, 6.07) is 13.5. The molecule has 1 amide bonds. The van der Waals surface area contributed by atoms with Gasteiger partial charge in [0.25, 0.3) is 5.91 Å². The molecule has 0 aliphatic carbocycles. The largest absolute Gasteiger partial charge is 0.382 e. The molecule has 0 fully saturated rings. The summed E-state index contributed by atoms with van der Waals surface area (Å²) >= 11 is 0. The van der Waals surface area contributed by atoms with Gasteiger partial charge in [0, 0.05) is 5.69 Å². The smallest absolute Gasteiger partial charge is 0.280 e. The van der Waals surface area contributed by atoms with E-state index in [1.807, 2.05) is 63.2 Å². The van der Waals surface area contributed by atoms with Crippen molar-refractivity contribution in [1.29, 1.82) is 0 Å². The van der Waals surface area contributed by atoms with Crippen molar-refractivity contribution in [2.75, 3.05) is 11.1 Å². The highest BCUT2D eigenvalue weighted by atomic mass is 16.2. The number of para-hydroxylation sites is 1. The third-order valence-corrected chi connectivity index (χ3v) is 3.91. The normalized spacial score (nSPS) is 10.6. The van der Waals surface area contributed by atoms with Crippen molar-refractivity contribution in [3.05, 3.63) is 64.8 Å². The van der Waals surface area contributed by atoms with E-state index in [4.69, 9.17) is 5.73 Å². The summed E-state index contributed by atoms with van der Waals surface area (Å²) < 4.78 is 1.50. The van der Waals surface area contributed by atoms with Gasteiger partial charge in [0.05, 0.1) is 5.69 Å². The second-order valence-electron chi connectivity index (χ2n) is 5.79. The van der Waals surface area contributed by atoms with Crippen molar-refractivity contribution in [2.24, 2.45) is 0 Å². The van der Waals surface area contributed by atoms with E-state index in [9.17, 15) is 4.79 Å². The Kier molecular flexibility index (Phi) is 4.04. The lowest BCUT2D eigenvalue weighted by atomic mass is 10.1. The summed E-state index contributed by atoms with van der Waals surface area (Å²) in [6.07, 6.45) is 0. The van der Waals surface area contributed by atoms with Gasteiger partial charge in [0.1, 0.15) is 0 Å². The Morgan fingerprint density at radius 3 is 2.58 bits per heavy atom. The first-order valence-electron chi connectivity index (χ1n) is 7.63. The molecule has 0 saturated heterocycles. The first-order chi connectivity index (χ1) is 11.5. The van der Waals surface area contributed by atoms with E-state index in [0.717, 1.165) is 28.1 Å². The Labute approximate surface area is 140 Å². The van der Waals surface area contributed by atoms with Crippen LogP contribution >= 0.6 is 0 Å². The molecule has 24 heavy (non-hydrogen) atoms. The van der Waals surface area contributed by atoms with Gasteiger partial charge in [-0.05, 0) is 49.6 Å². The second kappa shape index (κ2) is 6.16. The maximum absolute atomic E-state index is 12.5. The highest BCUT2D eigenvalue weighted by Crippen LogP contribution is 2.21. The molecule has 0 saturated carbocycles. The van der Waals surface area contributed by atoms with Gasteiger partial charge in [0.15, 0.2) is 11.5 Å². The molecular weight excluding hydrogens is 302 g/mol. The van der Waals surface area contributed by atoms with Crippen LogP contribution in [0, 0.1) is 20.8 Å². The fraction of sp³-hybridized carbons (Fsp3) is 0.167. The van der Waals surface area contributed by atoms with Crippen LogP contribution in [0.15, 0.2) is 42.5 Å². The summed E-state index contributed by atoms with van der Waals surface area (Å²) in [5, 5.41) is 10.8. The third-order valence-electron chi connectivity index (χ3n) is 3.91. The van der Waals surface area contributed by atoms with Crippen LogP contribution in [-0.4, -0.2) is 20.9 Å². The molecule has 6 heteroatoms. The van der Waals surface area contributed by atoms with E-state index in [-0.39, 0.29) is 17.4 Å². The first-order valence-corrected chi connectivity index (χ1v) is 7.63. The van der Waals surface area contributed by atoms with Crippen molar-refractivity contribution < 1.29 is 4.79 Å². The van der Waals surface area contributed by atoms with Gasteiger partial charge in [0.2, 0.25) is 0 Å². The highest BCUT2D eigenvalue weighted by Gasteiger charge is 2.19. The number of aryl methyl sites for hydroxylation is 3. The number of hydrogen-bond donors (Lipinski definition) is 2. The molecule has 0 aliphatic heterocycles. The first kappa shape index (κ1) is 15.7. The molecule has 6 nitrogen and oxygen atoms in total. The van der Waals surface area contributed by atoms with E-state index in [2.05, 4.69) is 15.6 Å². The zero-order chi connectivity index (χ0) is 17.3. The van der Waals surface area contributed by atoms with Crippen molar-refractivity contribution in [3.8, 4) is 5.69 Å². The van der Waals surface area contributed by atoms with Crippen molar-refractivity contribution >= 4 is 17.4 Å². The minimum absolute atomic E-state index is 0.110. The topological polar surface area (TPSA) is 85.8 Å².